The molecule has 14 heterocycles. The molecule has 2 aliphatic rings. The Morgan fingerprint density at radius 3 is 1.29 bits per heavy atom. The van der Waals surface area contributed by atoms with Crippen LogP contribution < -0.4 is 5.46 Å². The second-order valence-corrected chi connectivity index (χ2v) is 34.2. The molecule has 0 unspecified atom stereocenters. The molecule has 1 aliphatic heterocycles. The van der Waals surface area contributed by atoms with E-state index in [1.54, 1.807) is 104 Å². The minimum absolute atomic E-state index is 0.224. The molecule has 0 saturated carbocycles. The highest BCUT2D eigenvalue weighted by molar-refractivity contribution is 14.1. The number of pyridine rings is 9. The van der Waals surface area contributed by atoms with E-state index in [1.165, 1.54) is 19.1 Å². The van der Waals surface area contributed by atoms with Crippen molar-refractivity contribution in [3.8, 4) is 33.4 Å². The number of allylic oxidation sites excluding steroid dienone is 1. The summed E-state index contributed by atoms with van der Waals surface area (Å²) in [6, 6.07) is 39.4. The van der Waals surface area contributed by atoms with E-state index < -0.39 is 27.2 Å². The average Bonchev–Trinajstić information content (AvgIpc) is 1.54. The maximum absolute atomic E-state index is 13.2. The van der Waals surface area contributed by atoms with Crippen LogP contribution >= 0.6 is 86.3 Å². The number of hydrogen-bond acceptors (Lipinski definition) is 15. The Balaban J connectivity index is 0.000000118. The van der Waals surface area contributed by atoms with E-state index in [4.69, 9.17) is 9.31 Å². The first-order valence-electron chi connectivity index (χ1n) is 32.8. The van der Waals surface area contributed by atoms with E-state index in [2.05, 4.69) is 214 Å². The first-order valence-corrected chi connectivity index (χ1v) is 39.9. The van der Waals surface area contributed by atoms with Gasteiger partial charge in [-0.1, -0.05) is 65.7 Å². The van der Waals surface area contributed by atoms with Gasteiger partial charge in [0.05, 0.1) is 26.7 Å². The number of aromatic nitrogens is 13. The molecule has 105 heavy (non-hydrogen) atoms. The third-order valence-electron chi connectivity index (χ3n) is 18.0. The van der Waals surface area contributed by atoms with Crippen LogP contribution in [0.4, 0.5) is 0 Å². The standard InChI is InChI=1S/C19H22BN3O2.C19H14BrN3O2S.C14H10BrIN2O2S.C13H10BrN3.C13H9BrN2/c1-18(2)19(3,4)25-20(24-18)14-9-15-16(13-7-6-8-21-10-13)12-23(5)17(15)22-11-14;1-13-4-6-16(7-5-13)26(24,25)23-12-18(14-3-2-8-21-10-14)17-9-15(20)11-22-19(17)23;1-9-2-4-11(5-3-9)21(19,20)18-8-13(16)12-6-10(15)7-17-14(12)18;1-17-8-12(9-3-2-4-15-6-9)11-5-10(14)7-16-13(11)17;14-10-6-12-11(3-4-13(12)16-8-10)9-2-1-5-15-7-9/h6-12H,1-5H3;2-12H,1H3;2-8H,1H3;2-8H,1H3;1-3,5-8H,4H2. The molecule has 2 aromatic carbocycles. The lowest BCUT2D eigenvalue weighted by Gasteiger charge is -2.32. The zero-order valence-corrected chi connectivity index (χ0v) is 67.9. The van der Waals surface area contributed by atoms with Crippen LogP contribution in [0.15, 0.2) is 266 Å². The van der Waals surface area contributed by atoms with Crippen LogP contribution in [0.1, 0.15) is 55.6 Å². The van der Waals surface area contributed by atoms with Crippen molar-refractivity contribution in [2.24, 2.45) is 14.1 Å². The summed E-state index contributed by atoms with van der Waals surface area (Å²) in [6.45, 7) is 12.1. The number of hydrogen-bond donors (Lipinski definition) is 0. The van der Waals surface area contributed by atoms with E-state index in [1.807, 2.05) is 117 Å². The fraction of sp³-hybridized carbons (Fsp3) is 0.141. The van der Waals surface area contributed by atoms with Crippen LogP contribution in [0, 0.1) is 17.4 Å². The first kappa shape index (κ1) is 74.5. The van der Waals surface area contributed by atoms with Gasteiger partial charge in [-0.15, -0.1) is 0 Å². The van der Waals surface area contributed by atoms with Gasteiger partial charge in [0, 0.05) is 219 Å². The number of aryl methyl sites for hydroxylation is 4. The topological polar surface area (TPSA) is 222 Å². The summed E-state index contributed by atoms with van der Waals surface area (Å²) in [7, 11) is -3.81. The minimum Gasteiger partial charge on any atom is -0.399 e. The van der Waals surface area contributed by atoms with Gasteiger partial charge in [-0.05, 0) is 212 Å². The molecule has 0 N–H and O–H groups in total. The van der Waals surface area contributed by atoms with E-state index in [-0.39, 0.29) is 21.0 Å². The van der Waals surface area contributed by atoms with Crippen molar-refractivity contribution in [2.75, 3.05) is 0 Å². The number of rotatable bonds is 9. The third kappa shape index (κ3) is 15.9. The molecule has 13 aromatic heterocycles. The van der Waals surface area contributed by atoms with Gasteiger partial charge in [-0.2, -0.15) is 0 Å². The van der Waals surface area contributed by atoms with Crippen molar-refractivity contribution in [1.29, 1.82) is 0 Å². The van der Waals surface area contributed by atoms with Crippen molar-refractivity contribution in [3.05, 3.63) is 288 Å². The molecule has 0 radical (unpaired) electrons. The molecule has 0 atom stereocenters. The fourth-order valence-electron chi connectivity index (χ4n) is 11.9. The van der Waals surface area contributed by atoms with E-state index in [0.29, 0.717) is 11.3 Å². The Morgan fingerprint density at radius 2 is 0.819 bits per heavy atom. The van der Waals surface area contributed by atoms with Crippen molar-refractivity contribution in [1.82, 2.24) is 61.9 Å². The molecule has 1 fully saturated rings. The monoisotopic (exact) mass is 1800 g/mol. The van der Waals surface area contributed by atoms with Gasteiger partial charge in [0.1, 0.15) is 11.3 Å². The van der Waals surface area contributed by atoms with Crippen LogP contribution in [0.5, 0.6) is 0 Å². The molecular formula is C78H65BBr4IN13O6S2. The maximum Gasteiger partial charge on any atom is 0.496 e. The van der Waals surface area contributed by atoms with E-state index in [0.717, 1.165) is 122 Å². The highest BCUT2D eigenvalue weighted by Crippen LogP contribution is 2.39. The van der Waals surface area contributed by atoms with Crippen molar-refractivity contribution in [2.45, 2.75) is 69.0 Å². The number of nitrogens with zero attached hydrogens (tertiary/aromatic N) is 13. The highest BCUT2D eigenvalue weighted by Gasteiger charge is 2.52. The zero-order valence-electron chi connectivity index (χ0n) is 57.8. The van der Waals surface area contributed by atoms with Crippen molar-refractivity contribution < 1.29 is 26.1 Å². The van der Waals surface area contributed by atoms with Gasteiger partial charge in [0.15, 0.2) is 11.3 Å². The van der Waals surface area contributed by atoms with Gasteiger partial charge in [-0.3, -0.25) is 24.9 Å². The second-order valence-electron chi connectivity index (χ2n) is 25.8. The summed E-state index contributed by atoms with van der Waals surface area (Å²) < 4.78 is 75.2. The molecule has 528 valence electrons. The first-order chi connectivity index (χ1) is 50.2. The van der Waals surface area contributed by atoms with E-state index >= 15 is 0 Å². The molecule has 0 spiro atoms. The lowest BCUT2D eigenvalue weighted by atomic mass is 9.79. The number of fused-ring (bicyclic) bond motifs is 5. The fourth-order valence-corrected chi connectivity index (χ4v) is 16.8. The Bertz CT molecular complexity index is 5980. The van der Waals surface area contributed by atoms with Crippen molar-refractivity contribution >= 4 is 169 Å². The summed E-state index contributed by atoms with van der Waals surface area (Å²) >= 11 is 15.8. The predicted molar refractivity (Wildman–Crippen MR) is 437 cm³/mol. The summed E-state index contributed by atoms with van der Waals surface area (Å²) in [5, 5.41) is 3.75. The SMILES string of the molecule is Brc1cnc2c(c1)C(c1cccnc1)=CC2.Cc1ccc(S(=O)(=O)n2cc(-c3cccnc3)c3cc(Br)cnc32)cc1.Cc1ccc(S(=O)(=O)n2cc(I)c3cc(Br)cnc32)cc1.Cn1cc(-c2cccnc2)c2cc(B3OC(C)(C)C(C)(C)O3)cnc21.Cn1cc(-c2cccnc2)c2cc(Br)cnc21. The van der Waals surface area contributed by atoms with Crippen molar-refractivity contribution in [3.63, 3.8) is 0 Å². The number of benzene rings is 2. The predicted octanol–water partition coefficient (Wildman–Crippen LogP) is 17.9. The van der Waals surface area contributed by atoms with Gasteiger partial charge in [0.25, 0.3) is 20.0 Å². The van der Waals surface area contributed by atoms with Gasteiger partial charge < -0.3 is 18.4 Å². The Labute approximate surface area is 655 Å². The maximum atomic E-state index is 13.2. The largest absolute Gasteiger partial charge is 0.496 e. The molecule has 1 saturated heterocycles. The molecule has 19 nitrogen and oxygen atoms in total. The van der Waals surface area contributed by atoms with Gasteiger partial charge in [-0.25, -0.2) is 44.7 Å². The molecule has 1 aliphatic carbocycles. The van der Waals surface area contributed by atoms with Crippen LogP contribution in [0.2, 0.25) is 0 Å². The molecule has 15 aromatic rings. The summed E-state index contributed by atoms with van der Waals surface area (Å²) in [6.07, 6.45) is 33.6. The summed E-state index contributed by atoms with van der Waals surface area (Å²) in [5.41, 5.74) is 15.7. The minimum atomic E-state index is -3.76. The molecule has 17 rings (SSSR count). The average molecular weight is 1800 g/mol. The Kier molecular flexibility index (Phi) is 22.0. The quantitative estimate of drug-likeness (QED) is 0.0968. The highest BCUT2D eigenvalue weighted by atomic mass is 127. The smallest absolute Gasteiger partial charge is 0.399 e. The Morgan fingerprint density at radius 1 is 0.438 bits per heavy atom. The Hall–Kier alpha value is -8.78. The van der Waals surface area contributed by atoms with Crippen LogP contribution in [0.3, 0.4) is 0 Å². The van der Waals surface area contributed by atoms with E-state index in [9.17, 15) is 16.8 Å². The normalized spacial score (nSPS) is 13.6. The lowest BCUT2D eigenvalue weighted by molar-refractivity contribution is 0.00578. The molecular weight excluding hydrogens is 1740 g/mol. The molecule has 27 heteroatoms. The summed E-state index contributed by atoms with van der Waals surface area (Å²) in [5.74, 6) is 0. The zero-order chi connectivity index (χ0) is 74.1. The van der Waals surface area contributed by atoms with Crippen LogP contribution in [0.25, 0.3) is 83.1 Å². The second kappa shape index (κ2) is 31.0. The van der Waals surface area contributed by atoms with Crippen LogP contribution in [-0.4, -0.2) is 97.1 Å². The van der Waals surface area contributed by atoms with Crippen LogP contribution in [-0.2, 0) is 49.9 Å². The van der Waals surface area contributed by atoms with Gasteiger partial charge in [0.2, 0.25) is 0 Å². The molecule has 0 amide bonds. The molecule has 0 bridgehead atoms. The summed E-state index contributed by atoms with van der Waals surface area (Å²) in [4.78, 5) is 39.2. The third-order valence-corrected chi connectivity index (χ3v) is 23.9. The van der Waals surface area contributed by atoms with Gasteiger partial charge >= 0.3 is 7.12 Å². The number of halogens is 5. The lowest BCUT2D eigenvalue weighted by Crippen LogP contribution is -2.41.